The predicted octanol–water partition coefficient (Wildman–Crippen LogP) is 1.58. The molecule has 1 aliphatic rings. The van der Waals surface area contributed by atoms with Gasteiger partial charge in [-0.2, -0.15) is 17.4 Å². The van der Waals surface area contributed by atoms with Gasteiger partial charge < -0.3 is 5.32 Å². The smallest absolute Gasteiger partial charge is 0.279 e. The Labute approximate surface area is 136 Å². The van der Waals surface area contributed by atoms with E-state index in [-0.39, 0.29) is 6.54 Å². The van der Waals surface area contributed by atoms with Crippen LogP contribution in [-0.4, -0.2) is 38.3 Å². The maximum Gasteiger partial charge on any atom is 0.279 e. The first-order chi connectivity index (χ1) is 10.8. The van der Waals surface area contributed by atoms with E-state index in [0.29, 0.717) is 30.6 Å². The maximum atomic E-state index is 12.8. The average Bonchev–Trinajstić information content (AvgIpc) is 2.47. The van der Waals surface area contributed by atoms with E-state index in [0.717, 1.165) is 6.42 Å². The molecule has 1 aromatic rings. The molecule has 128 valence electrons. The van der Waals surface area contributed by atoms with E-state index in [2.05, 4.69) is 10.0 Å². The quantitative estimate of drug-likeness (QED) is 0.852. The first-order valence-corrected chi connectivity index (χ1v) is 9.00. The van der Waals surface area contributed by atoms with Gasteiger partial charge in [-0.3, -0.25) is 4.79 Å². The normalized spacial score (nSPS) is 22.7. The molecule has 0 radical (unpaired) electrons. The van der Waals surface area contributed by atoms with Gasteiger partial charge in [-0.1, -0.05) is 13.8 Å². The fourth-order valence-corrected chi connectivity index (χ4v) is 4.19. The molecule has 2 rings (SSSR count). The summed E-state index contributed by atoms with van der Waals surface area (Å²) in [5.74, 6) is -0.318. The number of carbonyl (C=O) groups is 1. The molecule has 0 aliphatic carbocycles. The summed E-state index contributed by atoms with van der Waals surface area (Å²) in [6, 6.07) is 5.26. The van der Waals surface area contributed by atoms with E-state index >= 15 is 0 Å². The van der Waals surface area contributed by atoms with Crippen LogP contribution < -0.4 is 10.0 Å². The molecule has 2 atom stereocenters. The molecule has 1 amide bonds. The van der Waals surface area contributed by atoms with Crippen LogP contribution in [0.15, 0.2) is 24.3 Å². The number of amides is 1. The van der Waals surface area contributed by atoms with Crippen LogP contribution in [0.2, 0.25) is 0 Å². The Morgan fingerprint density at radius 1 is 1.22 bits per heavy atom. The van der Waals surface area contributed by atoms with Crippen molar-refractivity contribution in [3.8, 4) is 0 Å². The van der Waals surface area contributed by atoms with Crippen LogP contribution in [0.25, 0.3) is 0 Å². The molecular formula is C15H22FN3O3S. The number of hydrogen-bond donors (Lipinski definition) is 2. The van der Waals surface area contributed by atoms with Crippen LogP contribution in [-0.2, 0) is 15.0 Å². The van der Waals surface area contributed by atoms with Crippen LogP contribution in [0.1, 0.15) is 20.3 Å². The highest BCUT2D eigenvalue weighted by molar-refractivity contribution is 7.87. The highest BCUT2D eigenvalue weighted by atomic mass is 32.2. The average molecular weight is 343 g/mol. The van der Waals surface area contributed by atoms with Crippen molar-refractivity contribution in [2.24, 2.45) is 11.8 Å². The lowest BCUT2D eigenvalue weighted by Gasteiger charge is -2.33. The number of benzene rings is 1. The van der Waals surface area contributed by atoms with E-state index < -0.39 is 21.9 Å². The van der Waals surface area contributed by atoms with E-state index in [1.165, 1.54) is 28.6 Å². The van der Waals surface area contributed by atoms with Crippen molar-refractivity contribution < 1.29 is 17.6 Å². The summed E-state index contributed by atoms with van der Waals surface area (Å²) >= 11 is 0. The molecular weight excluding hydrogens is 321 g/mol. The Morgan fingerprint density at radius 3 is 2.35 bits per heavy atom. The summed E-state index contributed by atoms with van der Waals surface area (Å²) in [5.41, 5.74) is 0.413. The zero-order chi connectivity index (χ0) is 17.0. The fourth-order valence-electron chi connectivity index (χ4n) is 2.79. The first-order valence-electron chi connectivity index (χ1n) is 7.56. The second-order valence-electron chi connectivity index (χ2n) is 6.14. The molecule has 1 saturated heterocycles. The molecule has 1 fully saturated rings. The molecule has 0 bridgehead atoms. The van der Waals surface area contributed by atoms with Gasteiger partial charge in [0.15, 0.2) is 0 Å². The van der Waals surface area contributed by atoms with Gasteiger partial charge in [0.25, 0.3) is 10.2 Å². The van der Waals surface area contributed by atoms with E-state index in [4.69, 9.17) is 0 Å². The molecule has 23 heavy (non-hydrogen) atoms. The summed E-state index contributed by atoms with van der Waals surface area (Å²) in [5, 5.41) is 2.51. The van der Waals surface area contributed by atoms with Gasteiger partial charge in [-0.05, 0) is 42.5 Å². The summed E-state index contributed by atoms with van der Waals surface area (Å²) < 4.78 is 41.0. The number of carbonyl (C=O) groups excluding carboxylic acids is 1. The maximum absolute atomic E-state index is 12.8. The number of nitrogens with zero attached hydrogens (tertiary/aromatic N) is 1. The zero-order valence-electron chi connectivity index (χ0n) is 13.3. The second-order valence-corrected chi connectivity index (χ2v) is 7.90. The molecule has 0 spiro atoms. The Hall–Kier alpha value is -1.51. The SMILES string of the molecule is C[C@@H]1C[C@H](C)CN(S(=O)(=O)NCC(=O)Nc2ccc(F)cc2)C1. The number of nitrogens with one attached hydrogen (secondary N) is 2. The minimum atomic E-state index is -3.68. The van der Waals surface area contributed by atoms with Crippen molar-refractivity contribution in [1.29, 1.82) is 0 Å². The largest absolute Gasteiger partial charge is 0.325 e. The van der Waals surface area contributed by atoms with E-state index in [1.807, 2.05) is 13.8 Å². The number of rotatable bonds is 5. The van der Waals surface area contributed by atoms with Crippen LogP contribution in [0.3, 0.4) is 0 Å². The number of hydrogen-bond acceptors (Lipinski definition) is 3. The van der Waals surface area contributed by atoms with Gasteiger partial charge in [0.05, 0.1) is 6.54 Å². The standard InChI is InChI=1S/C15H22FN3O3S/c1-11-7-12(2)10-19(9-11)23(21,22)17-8-15(20)18-14-5-3-13(16)4-6-14/h3-6,11-12,17H,7-10H2,1-2H3,(H,18,20)/t11-,12+. The van der Waals surface area contributed by atoms with Crippen molar-refractivity contribution in [1.82, 2.24) is 9.03 Å². The van der Waals surface area contributed by atoms with Gasteiger partial charge in [0.1, 0.15) is 5.82 Å². The van der Waals surface area contributed by atoms with Crippen LogP contribution >= 0.6 is 0 Å². The Bertz CT molecular complexity index is 638. The number of halogens is 1. The number of anilines is 1. The lowest BCUT2D eigenvalue weighted by Crippen LogP contribution is -2.49. The molecule has 8 heteroatoms. The third kappa shape index (κ3) is 5.26. The van der Waals surface area contributed by atoms with Crippen molar-refractivity contribution in [3.63, 3.8) is 0 Å². The Kier molecular flexibility index (Phi) is 5.72. The summed E-state index contributed by atoms with van der Waals surface area (Å²) in [4.78, 5) is 11.8. The minimum absolute atomic E-state index is 0.295. The molecule has 0 saturated carbocycles. The monoisotopic (exact) mass is 343 g/mol. The summed E-state index contributed by atoms with van der Waals surface area (Å²) in [6.07, 6.45) is 0.997. The summed E-state index contributed by atoms with van der Waals surface area (Å²) in [6.45, 7) is 4.58. The molecule has 1 aromatic carbocycles. The molecule has 1 aliphatic heterocycles. The minimum Gasteiger partial charge on any atom is -0.325 e. The molecule has 2 N–H and O–H groups in total. The van der Waals surface area contributed by atoms with Crippen LogP contribution in [0.5, 0.6) is 0 Å². The van der Waals surface area contributed by atoms with Gasteiger partial charge in [0, 0.05) is 18.8 Å². The van der Waals surface area contributed by atoms with Crippen molar-refractivity contribution in [3.05, 3.63) is 30.1 Å². The Balaban J connectivity index is 1.88. The highest BCUT2D eigenvalue weighted by Gasteiger charge is 2.30. The van der Waals surface area contributed by atoms with Gasteiger partial charge >= 0.3 is 0 Å². The van der Waals surface area contributed by atoms with E-state index in [1.54, 1.807) is 0 Å². The lowest BCUT2D eigenvalue weighted by molar-refractivity contribution is -0.115. The zero-order valence-corrected chi connectivity index (χ0v) is 14.1. The highest BCUT2D eigenvalue weighted by Crippen LogP contribution is 2.22. The van der Waals surface area contributed by atoms with Crippen LogP contribution in [0.4, 0.5) is 10.1 Å². The van der Waals surface area contributed by atoms with Crippen molar-refractivity contribution in [2.45, 2.75) is 20.3 Å². The molecule has 0 aromatic heterocycles. The number of piperidine rings is 1. The lowest BCUT2D eigenvalue weighted by atomic mass is 9.94. The van der Waals surface area contributed by atoms with Gasteiger partial charge in [0.2, 0.25) is 5.91 Å². The van der Waals surface area contributed by atoms with Crippen LogP contribution in [0, 0.1) is 17.7 Å². The van der Waals surface area contributed by atoms with Crippen molar-refractivity contribution >= 4 is 21.8 Å². The molecule has 0 unspecified atom stereocenters. The molecule has 1 heterocycles. The first kappa shape index (κ1) is 17.8. The third-order valence-corrected chi connectivity index (χ3v) is 5.21. The van der Waals surface area contributed by atoms with Gasteiger partial charge in [-0.25, -0.2) is 4.39 Å². The van der Waals surface area contributed by atoms with Gasteiger partial charge in [-0.15, -0.1) is 0 Å². The second kappa shape index (κ2) is 7.37. The fraction of sp³-hybridized carbons (Fsp3) is 0.533. The topological polar surface area (TPSA) is 78.5 Å². The summed E-state index contributed by atoms with van der Waals surface area (Å²) in [7, 11) is -3.68. The molecule has 6 nitrogen and oxygen atoms in total. The van der Waals surface area contributed by atoms with Crippen molar-refractivity contribution in [2.75, 3.05) is 25.0 Å². The predicted molar refractivity (Wildman–Crippen MR) is 86.5 cm³/mol. The third-order valence-electron chi connectivity index (χ3n) is 3.72. The van der Waals surface area contributed by atoms with E-state index in [9.17, 15) is 17.6 Å². The Morgan fingerprint density at radius 2 is 1.78 bits per heavy atom.